The predicted octanol–water partition coefficient (Wildman–Crippen LogP) is 1.74. The van der Waals surface area contributed by atoms with Crippen molar-refractivity contribution in [3.63, 3.8) is 0 Å². The highest BCUT2D eigenvalue weighted by atomic mass is 32.1. The number of thiocarbonyl (C=S) groups is 1. The van der Waals surface area contributed by atoms with Gasteiger partial charge < -0.3 is 5.73 Å². The van der Waals surface area contributed by atoms with E-state index in [2.05, 4.69) is 9.80 Å². The monoisotopic (exact) mass is 293 g/mol. The van der Waals surface area contributed by atoms with Crippen molar-refractivity contribution in [2.45, 2.75) is 25.4 Å². The second-order valence-corrected chi connectivity index (χ2v) is 6.22. The Hall–Kier alpha value is -1.04. The molecule has 2 N–H and O–H groups in total. The zero-order valence-corrected chi connectivity index (χ0v) is 12.3. The Morgan fingerprint density at radius 3 is 2.95 bits per heavy atom. The fourth-order valence-electron chi connectivity index (χ4n) is 3.34. The molecular formula is C15H20FN3S. The van der Waals surface area contributed by atoms with E-state index >= 15 is 0 Å². The molecule has 2 fully saturated rings. The number of nitrogens with zero attached hydrogens (tertiary/aromatic N) is 2. The quantitative estimate of drug-likeness (QED) is 0.861. The van der Waals surface area contributed by atoms with Crippen molar-refractivity contribution in [1.29, 1.82) is 0 Å². The SMILES string of the molecule is NC(=S)c1cc(F)cc(CN2CCN3CCCC3C2)c1. The van der Waals surface area contributed by atoms with Crippen molar-refractivity contribution in [2.75, 3.05) is 26.2 Å². The predicted molar refractivity (Wildman–Crippen MR) is 82.2 cm³/mol. The number of halogens is 1. The summed E-state index contributed by atoms with van der Waals surface area (Å²) in [7, 11) is 0. The molecule has 0 aromatic heterocycles. The molecule has 0 bridgehead atoms. The first-order valence-electron chi connectivity index (χ1n) is 7.17. The van der Waals surface area contributed by atoms with Crippen molar-refractivity contribution >= 4 is 17.2 Å². The minimum atomic E-state index is -0.259. The Labute approximate surface area is 124 Å². The summed E-state index contributed by atoms with van der Waals surface area (Å²) >= 11 is 4.94. The first-order valence-corrected chi connectivity index (χ1v) is 7.58. The minimum Gasteiger partial charge on any atom is -0.389 e. The lowest BCUT2D eigenvalue weighted by Crippen LogP contribution is -2.49. The van der Waals surface area contributed by atoms with Gasteiger partial charge in [-0.25, -0.2) is 4.39 Å². The topological polar surface area (TPSA) is 32.5 Å². The average Bonchev–Trinajstić information content (AvgIpc) is 2.85. The van der Waals surface area contributed by atoms with E-state index in [-0.39, 0.29) is 10.8 Å². The molecule has 1 atom stereocenters. The third kappa shape index (κ3) is 3.00. The number of fused-ring (bicyclic) bond motifs is 1. The summed E-state index contributed by atoms with van der Waals surface area (Å²) in [5.74, 6) is -0.259. The highest BCUT2D eigenvalue weighted by Crippen LogP contribution is 2.23. The van der Waals surface area contributed by atoms with Crippen LogP contribution in [0.2, 0.25) is 0 Å². The molecule has 2 heterocycles. The van der Waals surface area contributed by atoms with Crippen LogP contribution in [0.1, 0.15) is 24.0 Å². The summed E-state index contributed by atoms with van der Waals surface area (Å²) in [6, 6.07) is 5.59. The van der Waals surface area contributed by atoms with Crippen molar-refractivity contribution < 1.29 is 4.39 Å². The molecule has 2 aliphatic rings. The second-order valence-electron chi connectivity index (χ2n) is 5.78. The Kier molecular flexibility index (Phi) is 4.01. The van der Waals surface area contributed by atoms with Crippen LogP contribution in [0, 0.1) is 5.82 Å². The van der Waals surface area contributed by atoms with Crippen molar-refractivity contribution in [3.8, 4) is 0 Å². The summed E-state index contributed by atoms with van der Waals surface area (Å²) in [5, 5.41) is 0. The van der Waals surface area contributed by atoms with Gasteiger partial charge in [-0.05, 0) is 43.1 Å². The molecular weight excluding hydrogens is 273 g/mol. The Bertz CT molecular complexity index is 520. The number of rotatable bonds is 3. The van der Waals surface area contributed by atoms with Crippen molar-refractivity contribution in [1.82, 2.24) is 9.80 Å². The second kappa shape index (κ2) is 5.76. The molecule has 20 heavy (non-hydrogen) atoms. The largest absolute Gasteiger partial charge is 0.389 e. The molecule has 2 saturated heterocycles. The number of piperazine rings is 1. The van der Waals surface area contributed by atoms with Gasteiger partial charge in [-0.2, -0.15) is 0 Å². The number of hydrogen-bond acceptors (Lipinski definition) is 3. The molecule has 2 aliphatic heterocycles. The maximum absolute atomic E-state index is 13.6. The van der Waals surface area contributed by atoms with Crippen LogP contribution in [0.5, 0.6) is 0 Å². The molecule has 1 unspecified atom stereocenters. The molecule has 108 valence electrons. The molecule has 0 aliphatic carbocycles. The molecule has 3 nitrogen and oxygen atoms in total. The van der Waals surface area contributed by atoms with Gasteiger partial charge in [0, 0.05) is 37.8 Å². The van der Waals surface area contributed by atoms with Gasteiger partial charge in [0.05, 0.1) is 0 Å². The minimum absolute atomic E-state index is 0.256. The van der Waals surface area contributed by atoms with Crippen LogP contribution >= 0.6 is 12.2 Å². The maximum Gasteiger partial charge on any atom is 0.124 e. The van der Waals surface area contributed by atoms with E-state index in [1.54, 1.807) is 6.07 Å². The lowest BCUT2D eigenvalue weighted by Gasteiger charge is -2.37. The van der Waals surface area contributed by atoms with Crippen LogP contribution in [0.25, 0.3) is 0 Å². The van der Waals surface area contributed by atoms with Gasteiger partial charge in [0.2, 0.25) is 0 Å². The number of hydrogen-bond donors (Lipinski definition) is 1. The molecule has 0 saturated carbocycles. The van der Waals surface area contributed by atoms with E-state index in [0.717, 1.165) is 31.7 Å². The Balaban J connectivity index is 1.70. The van der Waals surface area contributed by atoms with Gasteiger partial charge in [-0.15, -0.1) is 0 Å². The molecule has 0 spiro atoms. The third-order valence-electron chi connectivity index (χ3n) is 4.32. The Morgan fingerprint density at radius 1 is 1.30 bits per heavy atom. The smallest absolute Gasteiger partial charge is 0.124 e. The number of nitrogens with two attached hydrogens (primary N) is 1. The van der Waals surface area contributed by atoms with E-state index in [1.807, 2.05) is 6.07 Å². The molecule has 0 radical (unpaired) electrons. The van der Waals surface area contributed by atoms with Gasteiger partial charge in [-0.3, -0.25) is 9.80 Å². The van der Waals surface area contributed by atoms with Gasteiger partial charge in [0.15, 0.2) is 0 Å². The van der Waals surface area contributed by atoms with Crippen molar-refractivity contribution in [3.05, 3.63) is 35.1 Å². The summed E-state index contributed by atoms with van der Waals surface area (Å²) in [6.45, 7) is 5.28. The lowest BCUT2D eigenvalue weighted by atomic mass is 10.1. The fraction of sp³-hybridized carbons (Fsp3) is 0.533. The van der Waals surface area contributed by atoms with Gasteiger partial charge >= 0.3 is 0 Å². The first kappa shape index (κ1) is 13.9. The Morgan fingerprint density at radius 2 is 2.15 bits per heavy atom. The normalized spacial score (nSPS) is 23.8. The highest BCUT2D eigenvalue weighted by Gasteiger charge is 2.30. The molecule has 1 aromatic rings. The zero-order chi connectivity index (χ0) is 14.1. The van der Waals surface area contributed by atoms with Crippen LogP contribution in [0.15, 0.2) is 18.2 Å². The summed E-state index contributed by atoms with van der Waals surface area (Å²) < 4.78 is 13.6. The van der Waals surface area contributed by atoms with E-state index < -0.39 is 0 Å². The summed E-state index contributed by atoms with van der Waals surface area (Å²) in [6.07, 6.45) is 2.60. The van der Waals surface area contributed by atoms with Gasteiger partial charge in [0.1, 0.15) is 10.8 Å². The molecule has 5 heteroatoms. The van der Waals surface area contributed by atoms with E-state index in [0.29, 0.717) is 11.6 Å². The van der Waals surface area contributed by atoms with Gasteiger partial charge in [0.25, 0.3) is 0 Å². The van der Waals surface area contributed by atoms with E-state index in [4.69, 9.17) is 18.0 Å². The maximum atomic E-state index is 13.6. The zero-order valence-electron chi connectivity index (χ0n) is 11.5. The van der Waals surface area contributed by atoms with Crippen molar-refractivity contribution in [2.24, 2.45) is 5.73 Å². The molecule has 3 rings (SSSR count). The first-order chi connectivity index (χ1) is 9.61. The highest BCUT2D eigenvalue weighted by molar-refractivity contribution is 7.80. The average molecular weight is 293 g/mol. The van der Waals surface area contributed by atoms with E-state index in [9.17, 15) is 4.39 Å². The molecule has 0 amide bonds. The van der Waals surface area contributed by atoms with Crippen LogP contribution in [-0.4, -0.2) is 47.0 Å². The number of benzene rings is 1. The van der Waals surface area contributed by atoms with Crippen LogP contribution in [0.3, 0.4) is 0 Å². The van der Waals surface area contributed by atoms with Gasteiger partial charge in [-0.1, -0.05) is 12.2 Å². The summed E-state index contributed by atoms with van der Waals surface area (Å²) in [4.78, 5) is 5.24. The third-order valence-corrected chi connectivity index (χ3v) is 4.56. The fourth-order valence-corrected chi connectivity index (χ4v) is 3.46. The van der Waals surface area contributed by atoms with Crippen LogP contribution < -0.4 is 5.73 Å². The standard InChI is InChI=1S/C15H20FN3S/c16-13-7-11(6-12(8-13)15(17)20)9-18-4-5-19-3-1-2-14(19)10-18/h6-8,14H,1-5,9-10H2,(H2,17,20). The summed E-state index contributed by atoms with van der Waals surface area (Å²) in [5.41, 5.74) is 7.18. The van der Waals surface area contributed by atoms with Crippen LogP contribution in [-0.2, 0) is 6.54 Å². The van der Waals surface area contributed by atoms with E-state index in [1.165, 1.54) is 25.5 Å². The molecule has 1 aromatic carbocycles. The van der Waals surface area contributed by atoms with Crippen LogP contribution in [0.4, 0.5) is 4.39 Å². The lowest BCUT2D eigenvalue weighted by molar-refractivity contribution is 0.0993.